The van der Waals surface area contributed by atoms with Crippen molar-refractivity contribution in [2.45, 2.75) is 27.3 Å². The molecule has 4 aromatic rings. The lowest BCUT2D eigenvalue weighted by Gasteiger charge is -2.06. The van der Waals surface area contributed by atoms with Gasteiger partial charge in [-0.25, -0.2) is 14.1 Å². The molecule has 1 amide bonds. The Bertz CT molecular complexity index is 1290. The molecule has 2 aromatic carbocycles. The normalized spacial score (nSPS) is 10.9. The second-order valence-corrected chi connectivity index (χ2v) is 7.32. The van der Waals surface area contributed by atoms with Gasteiger partial charge in [-0.3, -0.25) is 4.79 Å². The summed E-state index contributed by atoms with van der Waals surface area (Å²) in [6, 6.07) is 11.9. The molecule has 32 heavy (non-hydrogen) atoms. The number of nitrogens with one attached hydrogen (secondary N) is 1. The van der Waals surface area contributed by atoms with Crippen LogP contribution in [0.25, 0.3) is 11.5 Å². The molecular weight excluding hydrogens is 413 g/mol. The summed E-state index contributed by atoms with van der Waals surface area (Å²) >= 11 is 0. The van der Waals surface area contributed by atoms with Gasteiger partial charge < -0.3 is 14.5 Å². The van der Waals surface area contributed by atoms with Crippen LogP contribution >= 0.6 is 0 Å². The number of aromatic nitrogens is 4. The molecule has 0 saturated carbocycles. The third-order valence-corrected chi connectivity index (χ3v) is 5.16. The standard InChI is InChI=1S/C23H22FN5O3/c1-13-9-10-16(11-18(13)24)25-22(30)21-14(2)29(28-27-21)12-19-15(3)32-23(26-19)17-7-5-6-8-20(17)31-4/h5-11H,12H2,1-4H3,(H,25,30). The minimum atomic E-state index is -0.469. The van der Waals surface area contributed by atoms with Gasteiger partial charge in [0, 0.05) is 5.69 Å². The van der Waals surface area contributed by atoms with Crippen molar-refractivity contribution in [1.82, 2.24) is 20.0 Å². The highest BCUT2D eigenvalue weighted by molar-refractivity contribution is 6.03. The molecule has 0 aliphatic rings. The van der Waals surface area contributed by atoms with Crippen molar-refractivity contribution in [2.24, 2.45) is 0 Å². The summed E-state index contributed by atoms with van der Waals surface area (Å²) in [5.41, 5.74) is 2.95. The van der Waals surface area contributed by atoms with E-state index in [4.69, 9.17) is 9.15 Å². The number of methoxy groups -OCH3 is 1. The molecule has 0 fully saturated rings. The number of aryl methyl sites for hydroxylation is 2. The number of amides is 1. The van der Waals surface area contributed by atoms with E-state index in [9.17, 15) is 9.18 Å². The van der Waals surface area contributed by atoms with Crippen LogP contribution in [0.4, 0.5) is 10.1 Å². The molecule has 0 atom stereocenters. The Hall–Kier alpha value is -4.01. The number of hydrogen-bond donors (Lipinski definition) is 1. The fourth-order valence-electron chi connectivity index (χ4n) is 3.23. The van der Waals surface area contributed by atoms with Crippen LogP contribution in [0.15, 0.2) is 46.9 Å². The van der Waals surface area contributed by atoms with Crippen LogP contribution in [-0.4, -0.2) is 33.0 Å². The first-order valence-electron chi connectivity index (χ1n) is 9.94. The van der Waals surface area contributed by atoms with Crippen LogP contribution in [0.2, 0.25) is 0 Å². The first-order valence-corrected chi connectivity index (χ1v) is 9.94. The maximum Gasteiger partial charge on any atom is 0.278 e. The quantitative estimate of drug-likeness (QED) is 0.485. The van der Waals surface area contributed by atoms with Gasteiger partial charge in [0.05, 0.1) is 24.9 Å². The average molecular weight is 435 g/mol. The number of carbonyl (C=O) groups excluding carboxylic acids is 1. The van der Waals surface area contributed by atoms with Gasteiger partial charge in [0.1, 0.15) is 23.0 Å². The van der Waals surface area contributed by atoms with Gasteiger partial charge in [-0.1, -0.05) is 23.4 Å². The summed E-state index contributed by atoms with van der Waals surface area (Å²) in [5, 5.41) is 10.7. The Morgan fingerprint density at radius 2 is 1.97 bits per heavy atom. The largest absolute Gasteiger partial charge is 0.496 e. The molecule has 9 heteroatoms. The number of carbonyl (C=O) groups is 1. The highest BCUT2D eigenvalue weighted by atomic mass is 19.1. The molecular formula is C23H22FN5O3. The molecule has 0 radical (unpaired) electrons. The first-order chi connectivity index (χ1) is 15.4. The van der Waals surface area contributed by atoms with Crippen LogP contribution in [0, 0.1) is 26.6 Å². The van der Waals surface area contributed by atoms with Gasteiger partial charge in [0.25, 0.3) is 5.91 Å². The number of benzene rings is 2. The topological polar surface area (TPSA) is 95.1 Å². The first kappa shape index (κ1) is 21.2. The van der Waals surface area contributed by atoms with Crippen LogP contribution in [0.5, 0.6) is 5.75 Å². The van der Waals surface area contributed by atoms with E-state index in [1.807, 2.05) is 31.2 Å². The van der Waals surface area contributed by atoms with Crippen molar-refractivity contribution >= 4 is 11.6 Å². The smallest absolute Gasteiger partial charge is 0.278 e. The Morgan fingerprint density at radius 3 is 2.72 bits per heavy atom. The number of nitrogens with zero attached hydrogens (tertiary/aromatic N) is 4. The second-order valence-electron chi connectivity index (χ2n) is 7.32. The number of ether oxygens (including phenoxy) is 1. The zero-order valence-electron chi connectivity index (χ0n) is 18.1. The Balaban J connectivity index is 1.55. The molecule has 0 unspecified atom stereocenters. The van der Waals surface area contributed by atoms with Crippen LogP contribution < -0.4 is 10.1 Å². The monoisotopic (exact) mass is 435 g/mol. The van der Waals surface area contributed by atoms with Crippen molar-refractivity contribution < 1.29 is 18.3 Å². The summed E-state index contributed by atoms with van der Waals surface area (Å²) in [5.74, 6) is 0.858. The maximum absolute atomic E-state index is 13.8. The summed E-state index contributed by atoms with van der Waals surface area (Å²) < 4.78 is 26.6. The molecule has 164 valence electrons. The van der Waals surface area contributed by atoms with Crippen LogP contribution in [0.1, 0.15) is 33.2 Å². The van der Waals surface area contributed by atoms with E-state index < -0.39 is 11.7 Å². The maximum atomic E-state index is 13.8. The summed E-state index contributed by atoms with van der Waals surface area (Å²) in [7, 11) is 1.59. The van der Waals surface area contributed by atoms with E-state index in [0.717, 1.165) is 5.56 Å². The number of hydrogen-bond acceptors (Lipinski definition) is 6. The van der Waals surface area contributed by atoms with Gasteiger partial charge in [-0.15, -0.1) is 5.10 Å². The van der Waals surface area contributed by atoms with Gasteiger partial charge in [0.15, 0.2) is 5.69 Å². The van der Waals surface area contributed by atoms with Crippen molar-refractivity contribution in [3.8, 4) is 17.2 Å². The van der Waals surface area contributed by atoms with E-state index in [1.54, 1.807) is 37.8 Å². The molecule has 0 aliphatic heterocycles. The number of para-hydroxylation sites is 1. The molecule has 2 aromatic heterocycles. The molecule has 4 rings (SSSR count). The summed E-state index contributed by atoms with van der Waals surface area (Å²) in [4.78, 5) is 17.2. The van der Waals surface area contributed by atoms with E-state index in [-0.39, 0.29) is 12.2 Å². The Morgan fingerprint density at radius 1 is 1.19 bits per heavy atom. The van der Waals surface area contributed by atoms with Gasteiger partial charge in [-0.2, -0.15) is 0 Å². The van der Waals surface area contributed by atoms with Crippen molar-refractivity contribution in [1.29, 1.82) is 0 Å². The third-order valence-electron chi connectivity index (χ3n) is 5.16. The molecule has 0 bridgehead atoms. The molecule has 0 aliphatic carbocycles. The Labute approximate surface area is 184 Å². The van der Waals surface area contributed by atoms with Gasteiger partial charge >= 0.3 is 0 Å². The molecule has 0 saturated heterocycles. The SMILES string of the molecule is COc1ccccc1-c1nc(Cn2nnc(C(=O)Nc3ccc(C)c(F)c3)c2C)c(C)o1. The van der Waals surface area contributed by atoms with Gasteiger partial charge in [-0.05, 0) is 50.6 Å². The molecule has 2 heterocycles. The third kappa shape index (κ3) is 4.09. The van der Waals surface area contributed by atoms with Crippen LogP contribution in [-0.2, 0) is 6.54 Å². The molecule has 1 N–H and O–H groups in total. The number of anilines is 1. The van der Waals surface area contributed by atoms with Crippen molar-refractivity contribution in [2.75, 3.05) is 12.4 Å². The number of rotatable bonds is 6. The number of halogens is 1. The molecule has 0 spiro atoms. The summed E-state index contributed by atoms with van der Waals surface area (Å²) in [6.07, 6.45) is 0. The van der Waals surface area contributed by atoms with Crippen molar-refractivity contribution in [3.05, 3.63) is 76.7 Å². The minimum absolute atomic E-state index is 0.150. The van der Waals surface area contributed by atoms with E-state index in [0.29, 0.717) is 40.0 Å². The van der Waals surface area contributed by atoms with Crippen molar-refractivity contribution in [3.63, 3.8) is 0 Å². The second kappa shape index (κ2) is 8.62. The zero-order valence-corrected chi connectivity index (χ0v) is 18.1. The lowest BCUT2D eigenvalue weighted by molar-refractivity contribution is 0.102. The highest BCUT2D eigenvalue weighted by Gasteiger charge is 2.20. The van der Waals surface area contributed by atoms with Crippen LogP contribution in [0.3, 0.4) is 0 Å². The highest BCUT2D eigenvalue weighted by Crippen LogP contribution is 2.30. The molecule has 8 nitrogen and oxygen atoms in total. The summed E-state index contributed by atoms with van der Waals surface area (Å²) in [6.45, 7) is 5.48. The Kier molecular flexibility index (Phi) is 5.72. The lowest BCUT2D eigenvalue weighted by Crippen LogP contribution is -2.14. The zero-order chi connectivity index (χ0) is 22.8. The minimum Gasteiger partial charge on any atom is -0.496 e. The predicted molar refractivity (Wildman–Crippen MR) is 116 cm³/mol. The fraction of sp³-hybridized carbons (Fsp3) is 0.217. The van der Waals surface area contributed by atoms with E-state index >= 15 is 0 Å². The lowest BCUT2D eigenvalue weighted by atomic mass is 10.2. The van der Waals surface area contributed by atoms with E-state index in [2.05, 4.69) is 20.6 Å². The fourth-order valence-corrected chi connectivity index (χ4v) is 3.23. The predicted octanol–water partition coefficient (Wildman–Crippen LogP) is 4.31. The number of oxazole rings is 1. The van der Waals surface area contributed by atoms with E-state index in [1.165, 1.54) is 6.07 Å². The average Bonchev–Trinajstić information content (AvgIpc) is 3.33. The van der Waals surface area contributed by atoms with Gasteiger partial charge in [0.2, 0.25) is 5.89 Å².